The molecule has 64 heavy (non-hydrogen) atoms. The zero-order valence-corrected chi connectivity index (χ0v) is 34.0. The van der Waals surface area contributed by atoms with Crippen LogP contribution in [0, 0.1) is 0 Å². The monoisotopic (exact) mass is 820 g/mol. The van der Waals surface area contributed by atoms with Gasteiger partial charge in [0.2, 0.25) is 0 Å². The summed E-state index contributed by atoms with van der Waals surface area (Å²) < 4.78 is 7.00. The average molecular weight is 821 g/mol. The third-order valence-corrected chi connectivity index (χ3v) is 12.5. The molecule has 0 atom stereocenters. The minimum atomic E-state index is 0. The first kappa shape index (κ1) is 37.2. The molecule has 0 aliphatic carbocycles. The number of benzene rings is 9. The maximum Gasteiger partial charge on any atom is 0.164 e. The van der Waals surface area contributed by atoms with E-state index in [9.17, 15) is 0 Å². The van der Waals surface area contributed by atoms with Crippen molar-refractivity contribution >= 4 is 65.4 Å². The van der Waals surface area contributed by atoms with Crippen LogP contribution in [0.5, 0.6) is 0 Å². The summed E-state index contributed by atoms with van der Waals surface area (Å²) >= 11 is 0. The highest BCUT2D eigenvalue weighted by atomic mass is 15.0. The Hall–Kier alpha value is -8.61. The predicted octanol–water partition coefficient (Wildman–Crippen LogP) is 14.8. The molecule has 13 aromatic rings. The number of aromatic nitrogens is 6. The van der Waals surface area contributed by atoms with E-state index in [-0.39, 0.29) is 7.43 Å². The third-order valence-electron chi connectivity index (χ3n) is 12.5. The lowest BCUT2D eigenvalue weighted by Gasteiger charge is -2.13. The van der Waals surface area contributed by atoms with Gasteiger partial charge in [0.15, 0.2) is 17.5 Å². The lowest BCUT2D eigenvalue weighted by atomic mass is 10.1. The van der Waals surface area contributed by atoms with Crippen LogP contribution in [0.15, 0.2) is 218 Å². The van der Waals surface area contributed by atoms with E-state index in [1.807, 2.05) is 0 Å². The first-order valence-electron chi connectivity index (χ1n) is 21.3. The van der Waals surface area contributed by atoms with Crippen LogP contribution in [0.1, 0.15) is 7.43 Å². The molecule has 6 heteroatoms. The van der Waals surface area contributed by atoms with E-state index < -0.39 is 0 Å². The number of fused-ring (bicyclic) bond motifs is 9. The van der Waals surface area contributed by atoms with Crippen molar-refractivity contribution < 1.29 is 0 Å². The topological polar surface area (TPSA) is 53.5 Å². The van der Waals surface area contributed by atoms with E-state index in [0.29, 0.717) is 17.5 Å². The van der Waals surface area contributed by atoms with Crippen LogP contribution < -0.4 is 0 Å². The van der Waals surface area contributed by atoms with E-state index >= 15 is 0 Å². The fourth-order valence-electron chi connectivity index (χ4n) is 9.72. The molecular weight excluding hydrogens is 781 g/mol. The lowest BCUT2D eigenvalue weighted by molar-refractivity contribution is 1.07. The number of para-hydroxylation sites is 6. The summed E-state index contributed by atoms with van der Waals surface area (Å²) in [7, 11) is 0. The second kappa shape index (κ2) is 14.8. The molecule has 0 N–H and O–H groups in total. The Morgan fingerprint density at radius 2 is 0.453 bits per heavy atom. The van der Waals surface area contributed by atoms with Crippen LogP contribution in [0.25, 0.3) is 117 Å². The molecule has 0 amide bonds. The van der Waals surface area contributed by atoms with Gasteiger partial charge in [-0.05, 0) is 72.8 Å². The van der Waals surface area contributed by atoms with Gasteiger partial charge in [-0.1, -0.05) is 153 Å². The molecular formula is C58H40N6. The Kier molecular flexibility index (Phi) is 8.59. The zero-order chi connectivity index (χ0) is 41.4. The summed E-state index contributed by atoms with van der Waals surface area (Å²) in [5, 5.41) is 7.30. The van der Waals surface area contributed by atoms with Crippen molar-refractivity contribution in [1.29, 1.82) is 0 Å². The van der Waals surface area contributed by atoms with Gasteiger partial charge in [-0.25, -0.2) is 15.0 Å². The Morgan fingerprint density at radius 1 is 0.234 bits per heavy atom. The molecule has 0 aliphatic rings. The SMILES string of the molecule is C.c1cc(-c2nc(-c3cccc(-n4c5ccccc5c5ccccc54)c3)nc(-c3cccc(-n4c5ccccc5c5ccccc54)c3)n2)cc(-n2c3ccccc3c3ccccc32)c1. The van der Waals surface area contributed by atoms with Crippen molar-refractivity contribution in [3.63, 3.8) is 0 Å². The largest absolute Gasteiger partial charge is 0.309 e. The molecule has 0 bridgehead atoms. The van der Waals surface area contributed by atoms with Gasteiger partial charge in [-0.3, -0.25) is 0 Å². The summed E-state index contributed by atoms with van der Waals surface area (Å²) in [6.07, 6.45) is 0. The van der Waals surface area contributed by atoms with E-state index in [2.05, 4.69) is 232 Å². The van der Waals surface area contributed by atoms with Crippen LogP contribution in [-0.4, -0.2) is 28.7 Å². The van der Waals surface area contributed by atoms with Crippen LogP contribution in [0.4, 0.5) is 0 Å². The number of hydrogen-bond donors (Lipinski definition) is 0. The van der Waals surface area contributed by atoms with Gasteiger partial charge in [-0.2, -0.15) is 0 Å². The number of rotatable bonds is 6. The zero-order valence-electron chi connectivity index (χ0n) is 34.0. The molecule has 0 radical (unpaired) electrons. The lowest BCUT2D eigenvalue weighted by Crippen LogP contribution is -2.02. The van der Waals surface area contributed by atoms with Gasteiger partial charge in [0.1, 0.15) is 0 Å². The Bertz CT molecular complexity index is 3360. The summed E-state index contributed by atoms with van der Waals surface area (Å²) in [4.78, 5) is 15.9. The minimum absolute atomic E-state index is 0. The quantitative estimate of drug-likeness (QED) is 0.168. The number of hydrogen-bond acceptors (Lipinski definition) is 3. The molecule has 0 spiro atoms. The first-order chi connectivity index (χ1) is 31.2. The molecule has 0 saturated heterocycles. The maximum absolute atomic E-state index is 5.30. The second-order valence-electron chi connectivity index (χ2n) is 16.1. The summed E-state index contributed by atoms with van der Waals surface area (Å²) in [5.41, 5.74) is 12.7. The van der Waals surface area contributed by atoms with Crippen molar-refractivity contribution in [2.45, 2.75) is 7.43 Å². The molecule has 6 nitrogen and oxygen atoms in total. The standard InChI is InChI=1S/C57H36N6.CH4/c1-7-28-49-43(22-1)44-23-2-8-29-50(44)61(49)40-19-13-16-37(34-40)55-58-56(38-17-14-20-41(35-38)62-51-30-9-3-24-45(51)46-25-4-10-31-52(46)62)60-57(59-55)39-18-15-21-42(36-39)63-53-32-11-5-26-47(53)48-27-6-12-33-54(48)63;/h1-36H;1H4. The Balaban J connectivity index is 0.00000433. The van der Waals surface area contributed by atoms with Gasteiger partial charge in [0.05, 0.1) is 33.1 Å². The van der Waals surface area contributed by atoms with E-state index in [0.717, 1.165) is 66.9 Å². The summed E-state index contributed by atoms with van der Waals surface area (Å²) in [5.74, 6) is 1.80. The van der Waals surface area contributed by atoms with Gasteiger partial charge in [0.25, 0.3) is 0 Å². The average Bonchev–Trinajstić information content (AvgIpc) is 4.00. The molecule has 302 valence electrons. The van der Waals surface area contributed by atoms with Crippen molar-refractivity contribution in [3.05, 3.63) is 218 Å². The summed E-state index contributed by atoms with van der Waals surface area (Å²) in [6.45, 7) is 0. The molecule has 4 heterocycles. The molecule has 0 unspecified atom stereocenters. The van der Waals surface area contributed by atoms with Gasteiger partial charge < -0.3 is 13.7 Å². The fourth-order valence-corrected chi connectivity index (χ4v) is 9.72. The van der Waals surface area contributed by atoms with Crippen molar-refractivity contribution in [2.24, 2.45) is 0 Å². The normalized spacial score (nSPS) is 11.6. The molecule has 9 aromatic carbocycles. The molecule has 0 fully saturated rings. The smallest absolute Gasteiger partial charge is 0.164 e. The van der Waals surface area contributed by atoms with Gasteiger partial charge in [-0.15, -0.1) is 0 Å². The first-order valence-corrected chi connectivity index (χ1v) is 21.3. The number of nitrogens with zero attached hydrogens (tertiary/aromatic N) is 6. The molecule has 4 aromatic heterocycles. The van der Waals surface area contributed by atoms with Crippen molar-refractivity contribution in [2.75, 3.05) is 0 Å². The summed E-state index contributed by atoms with van der Waals surface area (Å²) in [6, 6.07) is 77.3. The van der Waals surface area contributed by atoms with E-state index in [1.54, 1.807) is 0 Å². The van der Waals surface area contributed by atoms with Crippen LogP contribution >= 0.6 is 0 Å². The Morgan fingerprint density at radius 3 is 0.688 bits per heavy atom. The second-order valence-corrected chi connectivity index (χ2v) is 16.1. The molecule has 0 saturated carbocycles. The minimum Gasteiger partial charge on any atom is -0.309 e. The highest BCUT2D eigenvalue weighted by Crippen LogP contribution is 2.37. The van der Waals surface area contributed by atoms with Gasteiger partial charge in [0, 0.05) is 66.1 Å². The highest BCUT2D eigenvalue weighted by Gasteiger charge is 2.19. The Labute approximate surface area is 369 Å². The van der Waals surface area contributed by atoms with Gasteiger partial charge >= 0.3 is 0 Å². The van der Waals surface area contributed by atoms with Crippen LogP contribution in [0.3, 0.4) is 0 Å². The fraction of sp³-hybridized carbons (Fsp3) is 0.0172. The van der Waals surface area contributed by atoms with Crippen molar-refractivity contribution in [1.82, 2.24) is 28.7 Å². The highest BCUT2D eigenvalue weighted by molar-refractivity contribution is 6.11. The third kappa shape index (κ3) is 5.77. The van der Waals surface area contributed by atoms with Crippen LogP contribution in [0.2, 0.25) is 0 Å². The predicted molar refractivity (Wildman–Crippen MR) is 266 cm³/mol. The van der Waals surface area contributed by atoms with E-state index in [4.69, 9.17) is 15.0 Å². The molecule has 0 aliphatic heterocycles. The molecule has 13 rings (SSSR count). The maximum atomic E-state index is 5.30. The van der Waals surface area contributed by atoms with E-state index in [1.165, 1.54) is 32.3 Å². The van der Waals surface area contributed by atoms with Crippen LogP contribution in [-0.2, 0) is 0 Å². The van der Waals surface area contributed by atoms with Crippen molar-refractivity contribution in [3.8, 4) is 51.2 Å².